The molecule has 6 heteroatoms. The summed E-state index contributed by atoms with van der Waals surface area (Å²) in [6, 6.07) is 1.81. The van der Waals surface area contributed by atoms with Crippen molar-refractivity contribution in [1.82, 2.24) is 9.55 Å². The first-order chi connectivity index (χ1) is 8.68. The third-order valence-electron chi connectivity index (χ3n) is 3.07. The molecule has 2 aromatic rings. The first-order valence-electron chi connectivity index (χ1n) is 5.83. The van der Waals surface area contributed by atoms with Gasteiger partial charge in [0.15, 0.2) is 0 Å². The number of nitrogen functional groups attached to an aromatic ring is 1. The van der Waals surface area contributed by atoms with Crippen LogP contribution < -0.4 is 21.3 Å². The molecule has 2 aromatic heterocycles. The number of hydrogen-bond donors (Lipinski definition) is 2. The minimum Gasteiger partial charge on any atom is -0.486 e. The van der Waals surface area contributed by atoms with Crippen molar-refractivity contribution in [3.63, 3.8) is 0 Å². The molecule has 0 atom stereocenters. The highest BCUT2D eigenvalue weighted by molar-refractivity contribution is 5.94. The second-order valence-electron chi connectivity index (χ2n) is 4.34. The second-order valence-corrected chi connectivity index (χ2v) is 4.34. The van der Waals surface area contributed by atoms with Crippen LogP contribution in [0.3, 0.4) is 0 Å². The largest absolute Gasteiger partial charge is 0.486 e. The summed E-state index contributed by atoms with van der Waals surface area (Å²) >= 11 is 0. The van der Waals surface area contributed by atoms with Crippen LogP contribution in [0.25, 0.3) is 11.0 Å². The van der Waals surface area contributed by atoms with Crippen LogP contribution in [-0.2, 0) is 7.05 Å². The average Bonchev–Trinajstić information content (AvgIpc) is 2.61. The quantitative estimate of drug-likeness (QED) is 0.715. The van der Waals surface area contributed by atoms with Gasteiger partial charge in [0.1, 0.15) is 5.65 Å². The maximum Gasteiger partial charge on any atom is 0.296 e. The van der Waals surface area contributed by atoms with Crippen LogP contribution in [0, 0.1) is 0 Å². The molecule has 0 spiro atoms. The summed E-state index contributed by atoms with van der Waals surface area (Å²) in [5.41, 5.74) is 7.46. The van der Waals surface area contributed by atoms with Crippen LogP contribution in [-0.4, -0.2) is 22.7 Å². The van der Waals surface area contributed by atoms with E-state index in [2.05, 4.69) is 10.3 Å². The summed E-state index contributed by atoms with van der Waals surface area (Å²) in [7, 11) is 1.68. The van der Waals surface area contributed by atoms with Crippen LogP contribution in [0.15, 0.2) is 17.1 Å². The zero-order chi connectivity index (χ0) is 12.7. The normalized spacial score (nSPS) is 14.5. The lowest BCUT2D eigenvalue weighted by molar-refractivity contribution is 0.317. The number of pyridine rings is 2. The van der Waals surface area contributed by atoms with E-state index in [1.165, 1.54) is 4.57 Å². The number of aryl methyl sites for hydroxylation is 1. The first kappa shape index (κ1) is 10.9. The smallest absolute Gasteiger partial charge is 0.296 e. The van der Waals surface area contributed by atoms with Crippen molar-refractivity contribution in [3.05, 3.63) is 22.6 Å². The van der Waals surface area contributed by atoms with E-state index in [0.29, 0.717) is 29.4 Å². The van der Waals surface area contributed by atoms with E-state index < -0.39 is 0 Å². The minimum atomic E-state index is -0.177. The Balaban J connectivity index is 2.44. The highest BCUT2D eigenvalue weighted by Crippen LogP contribution is 2.31. The van der Waals surface area contributed by atoms with E-state index >= 15 is 0 Å². The molecule has 1 aliphatic heterocycles. The number of nitrogens with two attached hydrogens (primary N) is 1. The summed E-state index contributed by atoms with van der Waals surface area (Å²) in [6.07, 6.45) is 2.40. The van der Waals surface area contributed by atoms with Crippen LogP contribution in [0.1, 0.15) is 6.42 Å². The molecule has 0 amide bonds. The number of rotatable bonds is 0. The Hall–Kier alpha value is -2.24. The predicted octanol–water partition coefficient (Wildman–Crippen LogP) is 0.710. The Morgan fingerprint density at radius 3 is 3.22 bits per heavy atom. The molecule has 94 valence electrons. The van der Waals surface area contributed by atoms with Crippen LogP contribution in [0.2, 0.25) is 0 Å². The van der Waals surface area contributed by atoms with Gasteiger partial charge in [-0.2, -0.15) is 0 Å². The van der Waals surface area contributed by atoms with E-state index in [-0.39, 0.29) is 5.56 Å². The van der Waals surface area contributed by atoms with Crippen molar-refractivity contribution >= 4 is 22.4 Å². The van der Waals surface area contributed by atoms with Crippen LogP contribution >= 0.6 is 0 Å². The molecule has 3 N–H and O–H groups in total. The monoisotopic (exact) mass is 246 g/mol. The molecule has 0 bridgehead atoms. The zero-order valence-electron chi connectivity index (χ0n) is 10.1. The van der Waals surface area contributed by atoms with E-state index in [9.17, 15) is 4.79 Å². The molecule has 3 rings (SSSR count). The lowest BCUT2D eigenvalue weighted by Gasteiger charge is -2.13. The lowest BCUT2D eigenvalue weighted by atomic mass is 10.2. The molecule has 18 heavy (non-hydrogen) atoms. The number of nitrogens with one attached hydrogen (secondary N) is 1. The van der Waals surface area contributed by atoms with Gasteiger partial charge in [-0.3, -0.25) is 9.36 Å². The van der Waals surface area contributed by atoms with Crippen molar-refractivity contribution in [2.75, 3.05) is 24.2 Å². The third kappa shape index (κ3) is 1.49. The Morgan fingerprint density at radius 1 is 1.56 bits per heavy atom. The fourth-order valence-corrected chi connectivity index (χ4v) is 2.17. The van der Waals surface area contributed by atoms with Gasteiger partial charge in [0.25, 0.3) is 5.56 Å². The molecule has 3 heterocycles. The van der Waals surface area contributed by atoms with Crippen molar-refractivity contribution in [3.8, 4) is 5.75 Å². The van der Waals surface area contributed by atoms with E-state index in [0.717, 1.165) is 18.4 Å². The topological polar surface area (TPSA) is 82.2 Å². The number of fused-ring (bicyclic) bond motifs is 3. The van der Waals surface area contributed by atoms with Gasteiger partial charge in [0.05, 0.1) is 24.2 Å². The zero-order valence-corrected chi connectivity index (χ0v) is 10.1. The van der Waals surface area contributed by atoms with Gasteiger partial charge in [0.2, 0.25) is 5.75 Å². The molecule has 0 saturated carbocycles. The number of ether oxygens (including phenoxy) is 1. The highest BCUT2D eigenvalue weighted by atomic mass is 16.5. The molecule has 0 fully saturated rings. The average molecular weight is 246 g/mol. The number of anilines is 2. The lowest BCUT2D eigenvalue weighted by Crippen LogP contribution is -2.21. The number of nitrogens with zero attached hydrogens (tertiary/aromatic N) is 2. The molecule has 0 radical (unpaired) electrons. The van der Waals surface area contributed by atoms with Gasteiger partial charge in [0, 0.05) is 19.0 Å². The van der Waals surface area contributed by atoms with Gasteiger partial charge in [-0.15, -0.1) is 0 Å². The van der Waals surface area contributed by atoms with Crippen LogP contribution in [0.4, 0.5) is 11.4 Å². The number of hydrogen-bond acceptors (Lipinski definition) is 5. The van der Waals surface area contributed by atoms with E-state index in [1.54, 1.807) is 13.2 Å². The summed E-state index contributed by atoms with van der Waals surface area (Å²) in [5, 5.41) is 4.04. The van der Waals surface area contributed by atoms with Crippen molar-refractivity contribution in [2.24, 2.45) is 7.05 Å². The van der Waals surface area contributed by atoms with Gasteiger partial charge in [-0.25, -0.2) is 4.98 Å². The molecular formula is C12H14N4O2. The summed E-state index contributed by atoms with van der Waals surface area (Å²) in [6.45, 7) is 1.31. The standard InChI is InChI=1S/C12H14N4O2/c1-16-11-8(5-7(13)6-15-11)9-10(12(16)17)18-4-2-3-14-9/h5-6,14H,2-4,13H2,1H3. The van der Waals surface area contributed by atoms with Gasteiger partial charge >= 0.3 is 0 Å². The van der Waals surface area contributed by atoms with Crippen molar-refractivity contribution in [1.29, 1.82) is 0 Å². The molecular weight excluding hydrogens is 232 g/mol. The summed E-state index contributed by atoms with van der Waals surface area (Å²) in [4.78, 5) is 16.4. The Morgan fingerprint density at radius 2 is 2.39 bits per heavy atom. The fraction of sp³-hybridized carbons (Fsp3) is 0.333. The van der Waals surface area contributed by atoms with Crippen molar-refractivity contribution in [2.45, 2.75) is 6.42 Å². The van der Waals surface area contributed by atoms with E-state index in [4.69, 9.17) is 10.5 Å². The van der Waals surface area contributed by atoms with Gasteiger partial charge in [-0.05, 0) is 12.5 Å². The van der Waals surface area contributed by atoms with Crippen molar-refractivity contribution < 1.29 is 4.74 Å². The Bertz CT molecular complexity index is 678. The maximum absolute atomic E-state index is 12.2. The Labute approximate surface area is 103 Å². The third-order valence-corrected chi connectivity index (χ3v) is 3.07. The molecule has 1 aliphatic rings. The summed E-state index contributed by atoms with van der Waals surface area (Å²) < 4.78 is 7.03. The van der Waals surface area contributed by atoms with Gasteiger partial charge in [-0.1, -0.05) is 0 Å². The van der Waals surface area contributed by atoms with E-state index in [1.807, 2.05) is 6.07 Å². The maximum atomic E-state index is 12.2. The predicted molar refractivity (Wildman–Crippen MR) is 70.0 cm³/mol. The van der Waals surface area contributed by atoms with Crippen LogP contribution in [0.5, 0.6) is 5.75 Å². The highest BCUT2D eigenvalue weighted by Gasteiger charge is 2.19. The molecule has 0 aliphatic carbocycles. The molecule has 0 saturated heterocycles. The Kier molecular flexibility index (Phi) is 2.36. The number of aromatic nitrogens is 2. The fourth-order valence-electron chi connectivity index (χ4n) is 2.17. The molecule has 0 unspecified atom stereocenters. The minimum absolute atomic E-state index is 0.177. The summed E-state index contributed by atoms with van der Waals surface area (Å²) in [5.74, 6) is 0.356. The van der Waals surface area contributed by atoms with Gasteiger partial charge < -0.3 is 15.8 Å². The molecule has 0 aromatic carbocycles. The second kappa shape index (κ2) is 3.90. The SMILES string of the molecule is Cn1c(=O)c2c(c3cc(N)cnc31)NCCCO2. The molecule has 6 nitrogen and oxygen atoms in total. The first-order valence-corrected chi connectivity index (χ1v) is 5.83.